The highest BCUT2D eigenvalue weighted by molar-refractivity contribution is 7.12. The summed E-state index contributed by atoms with van der Waals surface area (Å²) >= 11 is 3.26. The Morgan fingerprint density at radius 1 is 1.39 bits per heavy atom. The molecule has 0 spiro atoms. The van der Waals surface area contributed by atoms with E-state index >= 15 is 0 Å². The van der Waals surface area contributed by atoms with E-state index in [1.807, 2.05) is 30.5 Å². The Balaban J connectivity index is 1.87. The van der Waals surface area contributed by atoms with Crippen LogP contribution in [0, 0.1) is 12.8 Å². The van der Waals surface area contributed by atoms with E-state index in [4.69, 9.17) is 0 Å². The van der Waals surface area contributed by atoms with Crippen LogP contribution < -0.4 is 0 Å². The second kappa shape index (κ2) is 6.84. The number of carboxylic acid groups (broad SMARTS) is 1. The van der Waals surface area contributed by atoms with Crippen LogP contribution in [0.15, 0.2) is 29.6 Å². The zero-order valence-electron chi connectivity index (χ0n) is 12.9. The maximum Gasteiger partial charge on any atom is 0.308 e. The molecule has 122 valence electrons. The first-order valence-corrected chi connectivity index (χ1v) is 9.37. The lowest BCUT2D eigenvalue weighted by Crippen LogP contribution is -2.45. The molecule has 6 heteroatoms. The summed E-state index contributed by atoms with van der Waals surface area (Å²) in [5.41, 5.74) is 0. The molecule has 2 aromatic rings. The van der Waals surface area contributed by atoms with Gasteiger partial charge in [0.05, 0.1) is 12.0 Å². The molecule has 4 nitrogen and oxygen atoms in total. The summed E-state index contributed by atoms with van der Waals surface area (Å²) in [6.45, 7) is 2.58. The van der Waals surface area contributed by atoms with Crippen LogP contribution in [0.3, 0.4) is 0 Å². The Bertz CT molecular complexity index is 693. The lowest BCUT2D eigenvalue weighted by molar-refractivity contribution is -0.151. The molecule has 0 saturated carbocycles. The molecule has 0 aliphatic carbocycles. The van der Waals surface area contributed by atoms with Crippen molar-refractivity contribution < 1.29 is 14.7 Å². The quantitative estimate of drug-likeness (QED) is 0.895. The second-order valence-corrected chi connectivity index (χ2v) is 8.14. The summed E-state index contributed by atoms with van der Waals surface area (Å²) in [6.07, 6.45) is 1.52. The van der Waals surface area contributed by atoms with E-state index in [1.165, 1.54) is 4.88 Å². The Labute approximate surface area is 143 Å². The SMILES string of the molecule is Cc1ccc([C@@H]2[C@H](C(=O)O)CCC(=O)N2CCc2cccs2)s1. The predicted molar refractivity (Wildman–Crippen MR) is 91.9 cm³/mol. The molecular formula is C17H19NO3S2. The number of hydrogen-bond donors (Lipinski definition) is 1. The maximum atomic E-state index is 12.5. The molecule has 23 heavy (non-hydrogen) atoms. The highest BCUT2D eigenvalue weighted by Gasteiger charge is 2.41. The first kappa shape index (κ1) is 16.2. The number of carbonyl (C=O) groups is 2. The number of aliphatic carboxylic acids is 1. The maximum absolute atomic E-state index is 12.5. The van der Waals surface area contributed by atoms with E-state index in [-0.39, 0.29) is 11.9 Å². The van der Waals surface area contributed by atoms with Crippen LogP contribution in [0.25, 0.3) is 0 Å². The summed E-state index contributed by atoms with van der Waals surface area (Å²) in [5, 5.41) is 11.6. The first-order valence-electron chi connectivity index (χ1n) is 7.67. The Morgan fingerprint density at radius 3 is 2.83 bits per heavy atom. The van der Waals surface area contributed by atoms with Gasteiger partial charge in [0.25, 0.3) is 0 Å². The summed E-state index contributed by atoms with van der Waals surface area (Å²) in [7, 11) is 0. The van der Waals surface area contributed by atoms with Gasteiger partial charge in [-0.1, -0.05) is 6.07 Å². The number of amides is 1. The molecule has 1 fully saturated rings. The van der Waals surface area contributed by atoms with Crippen LogP contribution in [0.4, 0.5) is 0 Å². The van der Waals surface area contributed by atoms with Crippen molar-refractivity contribution in [1.82, 2.24) is 4.90 Å². The van der Waals surface area contributed by atoms with Crippen molar-refractivity contribution in [2.75, 3.05) is 6.54 Å². The van der Waals surface area contributed by atoms with Gasteiger partial charge in [-0.05, 0) is 43.3 Å². The number of carbonyl (C=O) groups excluding carboxylic acids is 1. The fraction of sp³-hybridized carbons (Fsp3) is 0.412. The third-order valence-electron chi connectivity index (χ3n) is 4.26. The van der Waals surface area contributed by atoms with E-state index in [2.05, 4.69) is 6.07 Å². The number of hydrogen-bond acceptors (Lipinski definition) is 4. The summed E-state index contributed by atoms with van der Waals surface area (Å²) < 4.78 is 0. The Hall–Kier alpha value is -1.66. The average molecular weight is 349 g/mol. The molecule has 1 amide bonds. The number of thiophene rings is 2. The molecule has 1 aliphatic heterocycles. The minimum atomic E-state index is -0.810. The van der Waals surface area contributed by atoms with Gasteiger partial charge in [-0.3, -0.25) is 9.59 Å². The van der Waals surface area contributed by atoms with Gasteiger partial charge in [-0.25, -0.2) is 0 Å². The average Bonchev–Trinajstić information content (AvgIpc) is 3.16. The first-order chi connectivity index (χ1) is 11.1. The zero-order chi connectivity index (χ0) is 16.4. The lowest BCUT2D eigenvalue weighted by Gasteiger charge is -2.39. The fourth-order valence-corrected chi connectivity index (χ4v) is 4.88. The normalized spacial score (nSPS) is 21.6. The van der Waals surface area contributed by atoms with E-state index in [0.717, 1.165) is 16.2 Å². The number of rotatable bonds is 5. The molecule has 1 aliphatic rings. The number of carboxylic acids is 1. The van der Waals surface area contributed by atoms with E-state index in [1.54, 1.807) is 27.6 Å². The number of piperidine rings is 1. The minimum absolute atomic E-state index is 0.0649. The monoisotopic (exact) mass is 349 g/mol. The highest BCUT2D eigenvalue weighted by atomic mass is 32.1. The molecule has 0 radical (unpaired) electrons. The molecular weight excluding hydrogens is 330 g/mol. The van der Waals surface area contributed by atoms with Crippen molar-refractivity contribution in [3.63, 3.8) is 0 Å². The van der Waals surface area contributed by atoms with Crippen LogP contribution in [0.5, 0.6) is 0 Å². The third kappa shape index (κ3) is 3.48. The Morgan fingerprint density at radius 2 is 2.22 bits per heavy atom. The second-order valence-electron chi connectivity index (χ2n) is 5.79. The highest BCUT2D eigenvalue weighted by Crippen LogP contribution is 2.39. The van der Waals surface area contributed by atoms with Gasteiger partial charge in [0.15, 0.2) is 0 Å². The fourth-order valence-electron chi connectivity index (χ4n) is 3.12. The van der Waals surface area contributed by atoms with Crippen LogP contribution >= 0.6 is 22.7 Å². The van der Waals surface area contributed by atoms with Gasteiger partial charge >= 0.3 is 5.97 Å². The molecule has 2 aromatic heterocycles. The van der Waals surface area contributed by atoms with Gasteiger partial charge in [0.1, 0.15) is 0 Å². The summed E-state index contributed by atoms with van der Waals surface area (Å²) in [6, 6.07) is 7.68. The predicted octanol–water partition coefficient (Wildman–Crippen LogP) is 3.73. The van der Waals surface area contributed by atoms with Crippen molar-refractivity contribution in [2.45, 2.75) is 32.2 Å². The van der Waals surface area contributed by atoms with Crippen LogP contribution in [-0.2, 0) is 16.0 Å². The molecule has 2 atom stereocenters. The number of aryl methyl sites for hydroxylation is 1. The van der Waals surface area contributed by atoms with Crippen molar-refractivity contribution in [3.05, 3.63) is 44.3 Å². The van der Waals surface area contributed by atoms with Gasteiger partial charge in [-0.15, -0.1) is 22.7 Å². The van der Waals surface area contributed by atoms with Gasteiger partial charge in [0.2, 0.25) is 5.91 Å². The van der Waals surface area contributed by atoms with Crippen molar-refractivity contribution >= 4 is 34.6 Å². The number of likely N-dealkylation sites (tertiary alicyclic amines) is 1. The van der Waals surface area contributed by atoms with E-state index in [0.29, 0.717) is 19.4 Å². The van der Waals surface area contributed by atoms with E-state index in [9.17, 15) is 14.7 Å². The van der Waals surface area contributed by atoms with Crippen molar-refractivity contribution in [2.24, 2.45) is 5.92 Å². The molecule has 0 aromatic carbocycles. The molecule has 3 heterocycles. The largest absolute Gasteiger partial charge is 0.481 e. The standard InChI is InChI=1S/C17H19NO3S2/c1-11-4-6-14(23-11)16-13(17(20)21)5-7-15(19)18(16)9-8-12-3-2-10-22-12/h2-4,6,10,13,16H,5,7-9H2,1H3,(H,20,21)/t13-,16+/m1/s1. The van der Waals surface area contributed by atoms with Crippen LogP contribution in [0.2, 0.25) is 0 Å². The summed E-state index contributed by atoms with van der Waals surface area (Å²) in [4.78, 5) is 29.3. The number of nitrogens with zero attached hydrogens (tertiary/aromatic N) is 1. The van der Waals surface area contributed by atoms with Gasteiger partial charge in [0, 0.05) is 27.6 Å². The smallest absolute Gasteiger partial charge is 0.308 e. The van der Waals surface area contributed by atoms with Crippen molar-refractivity contribution in [3.8, 4) is 0 Å². The topological polar surface area (TPSA) is 57.6 Å². The molecule has 1 saturated heterocycles. The molecule has 0 bridgehead atoms. The minimum Gasteiger partial charge on any atom is -0.481 e. The molecule has 0 unspecified atom stereocenters. The third-order valence-corrected chi connectivity index (χ3v) is 6.26. The lowest BCUT2D eigenvalue weighted by atomic mass is 9.87. The van der Waals surface area contributed by atoms with Gasteiger partial charge < -0.3 is 10.0 Å². The van der Waals surface area contributed by atoms with Crippen LogP contribution in [0.1, 0.15) is 33.5 Å². The molecule has 3 rings (SSSR count). The molecule has 1 N–H and O–H groups in total. The van der Waals surface area contributed by atoms with Gasteiger partial charge in [-0.2, -0.15) is 0 Å². The van der Waals surface area contributed by atoms with Crippen LogP contribution in [-0.4, -0.2) is 28.4 Å². The van der Waals surface area contributed by atoms with E-state index < -0.39 is 11.9 Å². The zero-order valence-corrected chi connectivity index (χ0v) is 14.5. The van der Waals surface area contributed by atoms with Crippen molar-refractivity contribution in [1.29, 1.82) is 0 Å². The summed E-state index contributed by atoms with van der Waals surface area (Å²) in [5.74, 6) is -1.26. The Kier molecular flexibility index (Phi) is 4.82.